The standard InChI is InChI=1S/C21H18F3N7O2S.C13H15N5O.C9H13N3O.C8H4BrF3N2OS.C4H3ClN2/c22-21(23,24)20-28-18(29-33-20)16-4-3-14(34-16)13-31(17-12-25-6-7-26-17)19-15(2-1-5-27-19)30-8-10-32-11-9-30;1-2-11(18-6-8-19-9-7-18)13(16-3-1)17-12-10-14-4-5-15-12;10-9-8(2-1-3-11-9)12-4-6-13-7-5-12;9-3-4-1-2-5(16-4)6-13-7(15-14-6)8(10,11)12;5-4-3-6-1-2-7-4/h1-7,12H,8-11,13H2;1-5,10H,6-9H2,(H,15,16,17);1-3H,4-7H2,(H2,10,11);1-2H,3H2;1-3H. The van der Waals surface area contributed by atoms with Gasteiger partial charge in [0, 0.05) is 110 Å². The Balaban J connectivity index is 0.000000145. The number of nitrogen functional groups attached to an aromatic ring is 1. The van der Waals surface area contributed by atoms with E-state index in [1.54, 1.807) is 86.4 Å². The summed E-state index contributed by atoms with van der Waals surface area (Å²) in [5.74, 6) is 0.526. The van der Waals surface area contributed by atoms with Crippen molar-refractivity contribution in [1.29, 1.82) is 0 Å². The summed E-state index contributed by atoms with van der Waals surface area (Å²) in [5.41, 5.74) is 8.77. The zero-order valence-corrected chi connectivity index (χ0v) is 50.6. The summed E-state index contributed by atoms with van der Waals surface area (Å²) in [5, 5.41) is 11.0. The van der Waals surface area contributed by atoms with Gasteiger partial charge in [0.25, 0.3) is 0 Å². The average Bonchev–Trinajstić information content (AvgIpc) is 2.37. The van der Waals surface area contributed by atoms with Crippen LogP contribution in [0.15, 0.2) is 144 Å². The number of rotatable bonds is 12. The molecular weight excluding hydrogens is 1300 g/mol. The first-order valence-electron chi connectivity index (χ1n) is 26.8. The molecule has 0 radical (unpaired) electrons. The predicted octanol–water partition coefficient (Wildman–Crippen LogP) is 11.0. The average molecular weight is 1350 g/mol. The van der Waals surface area contributed by atoms with Gasteiger partial charge in [-0.05, 0) is 60.7 Å². The first-order valence-corrected chi connectivity index (χ1v) is 30.0. The molecule has 3 N–H and O–H groups in total. The number of nitrogens with two attached hydrogens (primary N) is 1. The van der Waals surface area contributed by atoms with Gasteiger partial charge < -0.3 is 53.9 Å². The van der Waals surface area contributed by atoms with E-state index in [-0.39, 0.29) is 11.6 Å². The third-order valence-corrected chi connectivity index (χ3v) is 15.7. The van der Waals surface area contributed by atoms with Gasteiger partial charge in [-0.3, -0.25) is 15.0 Å². The van der Waals surface area contributed by atoms with Gasteiger partial charge >= 0.3 is 24.1 Å². The molecular formula is C55H53BrClF6N19O5S2. The van der Waals surface area contributed by atoms with Crippen LogP contribution in [0.1, 0.15) is 21.5 Å². The van der Waals surface area contributed by atoms with Gasteiger partial charge in [0.15, 0.2) is 17.5 Å². The molecule has 34 heteroatoms. The maximum Gasteiger partial charge on any atom is 0.471 e. The number of halogens is 8. The van der Waals surface area contributed by atoms with E-state index in [0.717, 1.165) is 98.3 Å². The minimum atomic E-state index is -4.69. The van der Waals surface area contributed by atoms with Crippen LogP contribution in [0.2, 0.25) is 5.15 Å². The highest BCUT2D eigenvalue weighted by molar-refractivity contribution is 9.08. The number of nitrogens with zero attached hydrogens (tertiary/aromatic N) is 17. The number of anilines is 8. The summed E-state index contributed by atoms with van der Waals surface area (Å²) in [7, 11) is 0. The molecule has 13 heterocycles. The number of hydrogen-bond donors (Lipinski definition) is 2. The Bertz CT molecular complexity index is 3720. The minimum absolute atomic E-state index is 0.0375. The van der Waals surface area contributed by atoms with E-state index in [4.69, 9.17) is 31.5 Å². The molecule has 3 aliphatic heterocycles. The van der Waals surface area contributed by atoms with E-state index < -0.39 is 24.1 Å². The number of morpholine rings is 3. The first kappa shape index (κ1) is 64.9. The van der Waals surface area contributed by atoms with E-state index >= 15 is 0 Å². The lowest BCUT2D eigenvalue weighted by Gasteiger charge is -2.33. The van der Waals surface area contributed by atoms with Crippen molar-refractivity contribution in [2.75, 3.05) is 110 Å². The zero-order chi connectivity index (χ0) is 62.4. The van der Waals surface area contributed by atoms with Crippen LogP contribution in [0.3, 0.4) is 0 Å². The van der Waals surface area contributed by atoms with Crippen LogP contribution >= 0.6 is 50.2 Å². The van der Waals surface area contributed by atoms with Crippen molar-refractivity contribution >= 4 is 96.4 Å². The van der Waals surface area contributed by atoms with Gasteiger partial charge in [-0.1, -0.05) is 37.8 Å². The van der Waals surface area contributed by atoms with Crippen molar-refractivity contribution in [3.63, 3.8) is 0 Å². The Kier molecular flexibility index (Phi) is 23.4. The zero-order valence-electron chi connectivity index (χ0n) is 46.7. The number of pyridine rings is 3. The molecule has 3 fully saturated rings. The fourth-order valence-electron chi connectivity index (χ4n) is 8.33. The number of thiophene rings is 2. The highest BCUT2D eigenvalue weighted by atomic mass is 79.9. The Morgan fingerprint density at radius 1 is 0.551 bits per heavy atom. The molecule has 0 aromatic carbocycles. The lowest BCUT2D eigenvalue weighted by atomic mass is 10.2. The third kappa shape index (κ3) is 19.0. The summed E-state index contributed by atoms with van der Waals surface area (Å²) >= 11 is 11.2. The molecule has 0 amide bonds. The molecule has 0 atom stereocenters. The van der Waals surface area contributed by atoms with Crippen molar-refractivity contribution in [1.82, 2.24) is 65.1 Å². The SMILES string of the molecule is Clc1cnccn1.FC(F)(F)c1nc(-c2ccc(CBr)s2)no1.FC(F)(F)c1nc(-c2ccc(CN(c3cnccn3)c3ncccc3N3CCOCC3)s2)no1.Nc1ncccc1N1CCOCC1.c1cnc(Nc2cnccn2)c(N2CCOCC2)c1. The van der Waals surface area contributed by atoms with Gasteiger partial charge in [0.05, 0.1) is 91.6 Å². The monoisotopic (exact) mass is 1350 g/mol. The largest absolute Gasteiger partial charge is 0.471 e. The maximum absolute atomic E-state index is 12.8. The Morgan fingerprint density at radius 3 is 1.53 bits per heavy atom. The summed E-state index contributed by atoms with van der Waals surface area (Å²) in [6.07, 6.45) is 10.3. The van der Waals surface area contributed by atoms with Crippen molar-refractivity contribution in [3.05, 3.63) is 162 Å². The van der Waals surface area contributed by atoms with Crippen LogP contribution in [-0.4, -0.2) is 144 Å². The molecule has 24 nitrogen and oxygen atoms in total. The first-order chi connectivity index (χ1) is 43.2. The quantitative estimate of drug-likeness (QED) is 0.0849. The molecule has 0 bridgehead atoms. The van der Waals surface area contributed by atoms with Crippen LogP contribution < -0.4 is 30.7 Å². The minimum Gasteiger partial charge on any atom is -0.382 e. The Morgan fingerprint density at radius 2 is 1.04 bits per heavy atom. The van der Waals surface area contributed by atoms with E-state index in [1.807, 2.05) is 41.3 Å². The molecule has 3 saturated heterocycles. The van der Waals surface area contributed by atoms with Crippen molar-refractivity contribution in [2.24, 2.45) is 0 Å². The lowest BCUT2D eigenvalue weighted by Crippen LogP contribution is -2.37. The van der Waals surface area contributed by atoms with Crippen molar-refractivity contribution in [3.8, 4) is 21.4 Å². The molecule has 466 valence electrons. The smallest absolute Gasteiger partial charge is 0.382 e. The predicted molar refractivity (Wildman–Crippen MR) is 324 cm³/mol. The summed E-state index contributed by atoms with van der Waals surface area (Å²) in [6.45, 7) is 9.67. The number of hydrogen-bond acceptors (Lipinski definition) is 26. The number of alkyl halides is 7. The molecule has 0 spiro atoms. The van der Waals surface area contributed by atoms with Crippen molar-refractivity contribution < 1.29 is 49.6 Å². The third-order valence-electron chi connectivity index (χ3n) is 12.4. The fraction of sp³-hybridized carbons (Fsp3) is 0.291. The molecule has 3 aliphatic rings. The molecule has 0 unspecified atom stereocenters. The molecule has 89 heavy (non-hydrogen) atoms. The van der Waals surface area contributed by atoms with Crippen LogP contribution in [0.4, 0.5) is 72.5 Å². The van der Waals surface area contributed by atoms with E-state index in [2.05, 4.69) is 116 Å². The van der Waals surface area contributed by atoms with Gasteiger partial charge in [-0.2, -0.15) is 36.3 Å². The van der Waals surface area contributed by atoms with Crippen molar-refractivity contribution in [2.45, 2.75) is 24.2 Å². The lowest BCUT2D eigenvalue weighted by molar-refractivity contribution is -0.160. The van der Waals surface area contributed by atoms with Crippen LogP contribution in [0.25, 0.3) is 21.4 Å². The fourth-order valence-corrected chi connectivity index (χ4v) is 10.7. The molecule has 13 rings (SSSR count). The van der Waals surface area contributed by atoms with E-state index in [9.17, 15) is 26.3 Å². The van der Waals surface area contributed by atoms with Crippen LogP contribution in [0.5, 0.6) is 0 Å². The molecule has 0 aliphatic carbocycles. The summed E-state index contributed by atoms with van der Waals surface area (Å²) in [6, 6.07) is 18.7. The van der Waals surface area contributed by atoms with Gasteiger partial charge in [0.2, 0.25) is 11.6 Å². The highest BCUT2D eigenvalue weighted by Crippen LogP contribution is 2.37. The second kappa shape index (κ2) is 32.0. The van der Waals surface area contributed by atoms with Gasteiger partial charge in [0.1, 0.15) is 16.8 Å². The highest BCUT2D eigenvalue weighted by Gasteiger charge is 2.40. The van der Waals surface area contributed by atoms with Gasteiger partial charge in [-0.15, -0.1) is 22.7 Å². The summed E-state index contributed by atoms with van der Waals surface area (Å²) < 4.78 is 99.7. The Labute approximate surface area is 525 Å². The van der Waals surface area contributed by atoms with Crippen LogP contribution in [0, 0.1) is 0 Å². The molecule has 0 saturated carbocycles. The summed E-state index contributed by atoms with van der Waals surface area (Å²) in [4.78, 5) is 55.5. The number of ether oxygens (including phenoxy) is 3. The maximum atomic E-state index is 12.8. The molecule has 10 aromatic rings. The number of nitrogens with one attached hydrogen (secondary N) is 1. The number of aromatic nitrogens is 13. The Hall–Kier alpha value is -8.60. The topological polar surface area (TPSA) is 273 Å². The second-order valence-electron chi connectivity index (χ2n) is 18.3. The van der Waals surface area contributed by atoms with E-state index in [0.29, 0.717) is 63.3 Å². The van der Waals surface area contributed by atoms with E-state index in [1.165, 1.54) is 28.9 Å². The van der Waals surface area contributed by atoms with Crippen LogP contribution in [-0.2, 0) is 38.4 Å². The second-order valence-corrected chi connectivity index (χ2v) is 21.6. The molecule has 10 aromatic heterocycles. The van der Waals surface area contributed by atoms with Gasteiger partial charge in [-0.25, -0.2) is 29.9 Å². The normalized spacial score (nSPS) is 14.1.